The van der Waals surface area contributed by atoms with Crippen LogP contribution in [0.2, 0.25) is 0 Å². The van der Waals surface area contributed by atoms with Gasteiger partial charge in [0.25, 0.3) is 0 Å². The number of phosphoric acid groups is 2. The zero-order valence-electron chi connectivity index (χ0n) is 57.0. The molecule has 88 heavy (non-hydrogen) atoms. The molecule has 0 saturated heterocycles. The maximum atomic E-state index is 13.0. The summed E-state index contributed by atoms with van der Waals surface area (Å²) in [5.74, 6) is -0.588. The average Bonchev–Trinajstić information content (AvgIpc) is 3.54. The van der Waals surface area contributed by atoms with Crippen LogP contribution in [0, 0.1) is 11.8 Å². The third-order valence-corrected chi connectivity index (χ3v) is 18.2. The normalized spacial score (nSPS) is 14.5. The Hall–Kier alpha value is -1.94. The summed E-state index contributed by atoms with van der Waals surface area (Å²) in [7, 11) is -9.89. The number of rotatable bonds is 68. The molecule has 0 saturated carbocycles. The van der Waals surface area contributed by atoms with Crippen LogP contribution in [0.1, 0.15) is 350 Å². The van der Waals surface area contributed by atoms with Crippen molar-refractivity contribution in [3.05, 3.63) is 0 Å². The van der Waals surface area contributed by atoms with Crippen LogP contribution < -0.4 is 0 Å². The molecular weight excluding hydrogens is 1160 g/mol. The van der Waals surface area contributed by atoms with E-state index in [1.54, 1.807) is 0 Å². The predicted molar refractivity (Wildman–Crippen MR) is 354 cm³/mol. The highest BCUT2D eigenvalue weighted by Crippen LogP contribution is 2.45. The fourth-order valence-electron chi connectivity index (χ4n) is 10.4. The molecule has 0 rings (SSSR count). The molecule has 3 unspecified atom stereocenters. The Balaban J connectivity index is 5.18. The Kier molecular flexibility index (Phi) is 59.9. The second-order valence-electron chi connectivity index (χ2n) is 25.6. The van der Waals surface area contributed by atoms with E-state index in [4.69, 9.17) is 37.0 Å². The van der Waals surface area contributed by atoms with Crippen LogP contribution in [0.25, 0.3) is 0 Å². The fourth-order valence-corrected chi connectivity index (χ4v) is 12.0. The van der Waals surface area contributed by atoms with Gasteiger partial charge < -0.3 is 33.8 Å². The maximum Gasteiger partial charge on any atom is 0.472 e. The van der Waals surface area contributed by atoms with E-state index in [1.165, 1.54) is 161 Å². The van der Waals surface area contributed by atoms with E-state index in [0.717, 1.165) is 108 Å². The highest BCUT2D eigenvalue weighted by atomic mass is 31.2. The zero-order valence-corrected chi connectivity index (χ0v) is 58.8. The molecule has 0 fully saturated rings. The molecule has 522 valence electrons. The second-order valence-corrected chi connectivity index (χ2v) is 28.5. The van der Waals surface area contributed by atoms with Crippen molar-refractivity contribution < 1.29 is 80.2 Å². The number of phosphoric ester groups is 2. The van der Waals surface area contributed by atoms with Gasteiger partial charge in [-0.1, -0.05) is 298 Å². The Morgan fingerprint density at radius 2 is 0.580 bits per heavy atom. The third kappa shape index (κ3) is 61.6. The minimum absolute atomic E-state index is 0.106. The quantitative estimate of drug-likeness (QED) is 0.0222. The van der Waals surface area contributed by atoms with Gasteiger partial charge in [-0.25, -0.2) is 9.13 Å². The molecule has 0 aliphatic rings. The van der Waals surface area contributed by atoms with Crippen LogP contribution in [0.4, 0.5) is 0 Å². The van der Waals surface area contributed by atoms with E-state index >= 15 is 0 Å². The van der Waals surface area contributed by atoms with Gasteiger partial charge >= 0.3 is 39.5 Å². The first kappa shape index (κ1) is 86.1. The predicted octanol–water partition coefficient (Wildman–Crippen LogP) is 19.6. The van der Waals surface area contributed by atoms with E-state index in [9.17, 15) is 43.2 Å². The number of ether oxygens (including phenoxy) is 4. The summed E-state index contributed by atoms with van der Waals surface area (Å²) in [4.78, 5) is 72.4. The van der Waals surface area contributed by atoms with Crippen LogP contribution in [0.15, 0.2) is 0 Å². The van der Waals surface area contributed by atoms with Crippen molar-refractivity contribution in [2.45, 2.75) is 368 Å². The number of carbonyl (C=O) groups excluding carboxylic acids is 4. The van der Waals surface area contributed by atoms with Crippen molar-refractivity contribution in [2.75, 3.05) is 39.6 Å². The zero-order chi connectivity index (χ0) is 65.0. The van der Waals surface area contributed by atoms with Gasteiger partial charge in [-0.2, -0.15) is 0 Å². The summed E-state index contributed by atoms with van der Waals surface area (Å²) >= 11 is 0. The van der Waals surface area contributed by atoms with Gasteiger partial charge in [0.05, 0.1) is 26.4 Å². The molecule has 0 aliphatic heterocycles. The van der Waals surface area contributed by atoms with Crippen molar-refractivity contribution in [1.29, 1.82) is 0 Å². The Bertz CT molecular complexity index is 1720. The SMILES string of the molecule is CCCCCCCCCCCCC(=O)O[C@H](COC(=O)CCCCCCCCCCC)COP(=O)(O)OC[C@H](O)COP(=O)(O)OC[C@@H](COC(=O)CCCCCCCCC(C)CC)OC(=O)CCCCCCCCCCCCCCCCCCC(C)C. The maximum absolute atomic E-state index is 13.0. The minimum atomic E-state index is -4.95. The fraction of sp³-hybridized carbons (Fsp3) is 0.942. The van der Waals surface area contributed by atoms with E-state index in [2.05, 4.69) is 41.5 Å². The topological polar surface area (TPSA) is 237 Å². The summed E-state index contributed by atoms with van der Waals surface area (Å²) in [5.41, 5.74) is 0. The lowest BCUT2D eigenvalue weighted by atomic mass is 10.00. The highest BCUT2D eigenvalue weighted by Gasteiger charge is 2.30. The van der Waals surface area contributed by atoms with E-state index in [1.807, 2.05) is 0 Å². The summed E-state index contributed by atoms with van der Waals surface area (Å²) < 4.78 is 68.1. The molecule has 0 heterocycles. The number of aliphatic hydroxyl groups is 1. The van der Waals surface area contributed by atoms with Crippen LogP contribution >= 0.6 is 15.6 Å². The first-order valence-corrected chi connectivity index (χ1v) is 39.0. The molecule has 0 radical (unpaired) electrons. The lowest BCUT2D eigenvalue weighted by Gasteiger charge is -2.21. The van der Waals surface area contributed by atoms with Crippen LogP contribution in [-0.2, 0) is 65.4 Å². The number of hydrogen-bond acceptors (Lipinski definition) is 15. The van der Waals surface area contributed by atoms with Gasteiger partial charge in [0.15, 0.2) is 12.2 Å². The molecule has 0 aromatic carbocycles. The van der Waals surface area contributed by atoms with E-state index < -0.39 is 97.5 Å². The van der Waals surface area contributed by atoms with Crippen LogP contribution in [0.5, 0.6) is 0 Å². The summed E-state index contributed by atoms with van der Waals surface area (Å²) in [6.07, 6.45) is 45.9. The molecule has 0 aromatic rings. The molecule has 0 bridgehead atoms. The van der Waals surface area contributed by atoms with Gasteiger partial charge in [-0.15, -0.1) is 0 Å². The molecule has 3 N–H and O–H groups in total. The highest BCUT2D eigenvalue weighted by molar-refractivity contribution is 7.47. The first-order valence-electron chi connectivity index (χ1n) is 36.0. The number of hydrogen-bond donors (Lipinski definition) is 3. The van der Waals surface area contributed by atoms with Gasteiger partial charge in [0.1, 0.15) is 19.3 Å². The number of unbranched alkanes of at least 4 members (excludes halogenated alkanes) is 37. The largest absolute Gasteiger partial charge is 0.472 e. The Labute approximate surface area is 537 Å². The van der Waals surface area contributed by atoms with Crippen molar-refractivity contribution in [3.63, 3.8) is 0 Å². The monoisotopic (exact) mass is 1300 g/mol. The van der Waals surface area contributed by atoms with Crippen molar-refractivity contribution in [1.82, 2.24) is 0 Å². The smallest absolute Gasteiger partial charge is 0.462 e. The molecule has 19 heteroatoms. The van der Waals surface area contributed by atoms with Crippen molar-refractivity contribution in [3.8, 4) is 0 Å². The number of aliphatic hydroxyl groups excluding tert-OH is 1. The molecular formula is C69H134O17P2. The van der Waals surface area contributed by atoms with Crippen molar-refractivity contribution >= 4 is 39.5 Å². The van der Waals surface area contributed by atoms with E-state index in [0.29, 0.717) is 25.7 Å². The number of carbonyl (C=O) groups is 4. The Morgan fingerprint density at radius 3 is 0.864 bits per heavy atom. The van der Waals surface area contributed by atoms with E-state index in [-0.39, 0.29) is 25.7 Å². The first-order chi connectivity index (χ1) is 42.4. The molecule has 6 atom stereocenters. The van der Waals surface area contributed by atoms with Crippen LogP contribution in [-0.4, -0.2) is 96.7 Å². The van der Waals surface area contributed by atoms with Gasteiger partial charge in [0, 0.05) is 25.7 Å². The second kappa shape index (κ2) is 61.3. The molecule has 17 nitrogen and oxygen atoms in total. The molecule has 0 spiro atoms. The third-order valence-electron chi connectivity index (χ3n) is 16.3. The summed E-state index contributed by atoms with van der Waals surface area (Å²) in [6.45, 7) is 9.50. The minimum Gasteiger partial charge on any atom is -0.462 e. The summed E-state index contributed by atoms with van der Waals surface area (Å²) in [6, 6.07) is 0. The average molecular weight is 1300 g/mol. The Morgan fingerprint density at radius 1 is 0.330 bits per heavy atom. The molecule has 0 aliphatic carbocycles. The van der Waals surface area contributed by atoms with Gasteiger partial charge in [0.2, 0.25) is 0 Å². The molecule has 0 amide bonds. The van der Waals surface area contributed by atoms with Gasteiger partial charge in [-0.3, -0.25) is 37.3 Å². The lowest BCUT2D eigenvalue weighted by molar-refractivity contribution is -0.161. The van der Waals surface area contributed by atoms with Crippen molar-refractivity contribution in [2.24, 2.45) is 11.8 Å². The van der Waals surface area contributed by atoms with Crippen LogP contribution in [0.3, 0.4) is 0 Å². The lowest BCUT2D eigenvalue weighted by Crippen LogP contribution is -2.30. The standard InChI is InChI=1S/C69H134O17P2/c1-7-10-12-14-16-18-29-33-41-47-53-68(73)85-64(57-79-66(71)51-45-39-32-27-17-15-13-11-8-2)59-83-87(75,76)81-55-63(70)56-82-88(77,78)84-60-65(58-80-67(72)52-46-40-36-35-38-44-50-62(6)9-3)86-69(74)54-48-42-34-30-26-24-22-20-19-21-23-25-28-31-37-43-49-61(4)5/h61-65,70H,7-60H2,1-6H3,(H,75,76)(H,77,78)/t62?,63-,64+,65+/m0/s1. The summed E-state index contributed by atoms with van der Waals surface area (Å²) in [5, 5.41) is 10.6. The number of esters is 4. The van der Waals surface area contributed by atoms with Gasteiger partial charge in [-0.05, 0) is 37.5 Å². The molecule has 0 aromatic heterocycles.